The third-order valence-electron chi connectivity index (χ3n) is 4.58. The molecule has 8 heteroatoms. The van der Waals surface area contributed by atoms with Crippen LogP contribution in [-0.4, -0.2) is 55.1 Å². The Balaban J connectivity index is 1.71. The number of hydrogen-bond donors (Lipinski definition) is 1. The number of piperidine rings is 1. The minimum Gasteiger partial charge on any atom is -0.351 e. The van der Waals surface area contributed by atoms with E-state index in [0.29, 0.717) is 19.0 Å². The number of rotatable bonds is 5. The highest BCUT2D eigenvalue weighted by atomic mass is 32.2. The summed E-state index contributed by atoms with van der Waals surface area (Å²) >= 11 is 0. The average Bonchev–Trinajstić information content (AvgIpc) is 2.61. The highest BCUT2D eigenvalue weighted by Crippen LogP contribution is 2.24. The van der Waals surface area contributed by atoms with Gasteiger partial charge < -0.3 is 10.2 Å². The Bertz CT molecular complexity index is 849. The van der Waals surface area contributed by atoms with E-state index in [0.717, 1.165) is 30.0 Å². The minimum atomic E-state index is -3.11. The van der Waals surface area contributed by atoms with Gasteiger partial charge in [-0.15, -0.1) is 0 Å². The Kier molecular flexibility index (Phi) is 5.43. The molecule has 1 aromatic carbocycles. The number of para-hydroxylation sites is 1. The molecule has 140 valence electrons. The number of benzene rings is 1. The van der Waals surface area contributed by atoms with Crippen LogP contribution in [0.2, 0.25) is 0 Å². The summed E-state index contributed by atoms with van der Waals surface area (Å²) in [6, 6.07) is 12.2. The Morgan fingerprint density at radius 3 is 2.42 bits per heavy atom. The molecule has 0 bridgehead atoms. The van der Waals surface area contributed by atoms with Gasteiger partial charge in [-0.25, -0.2) is 17.7 Å². The van der Waals surface area contributed by atoms with Crippen LogP contribution in [0.25, 0.3) is 0 Å². The summed E-state index contributed by atoms with van der Waals surface area (Å²) in [7, 11) is -1.13. The summed E-state index contributed by atoms with van der Waals surface area (Å²) in [6.07, 6.45) is 2.75. The van der Waals surface area contributed by atoms with Crippen LogP contribution in [0.4, 0.5) is 17.5 Å². The maximum Gasteiger partial charge on any atom is 0.225 e. The molecule has 0 amide bonds. The second-order valence-corrected chi connectivity index (χ2v) is 8.65. The van der Waals surface area contributed by atoms with Gasteiger partial charge in [0.05, 0.1) is 6.26 Å². The first-order valence-corrected chi connectivity index (χ1v) is 10.5. The van der Waals surface area contributed by atoms with Gasteiger partial charge in [-0.3, -0.25) is 0 Å². The molecule has 2 heterocycles. The zero-order valence-electron chi connectivity index (χ0n) is 15.4. The molecule has 2 aromatic rings. The van der Waals surface area contributed by atoms with Crippen LogP contribution < -0.4 is 10.2 Å². The quantitative estimate of drug-likeness (QED) is 0.864. The third-order valence-corrected chi connectivity index (χ3v) is 5.89. The molecule has 26 heavy (non-hydrogen) atoms. The summed E-state index contributed by atoms with van der Waals surface area (Å²) in [6.45, 7) is 3.00. The molecule has 1 saturated heterocycles. The van der Waals surface area contributed by atoms with Gasteiger partial charge in [0.25, 0.3) is 0 Å². The van der Waals surface area contributed by atoms with Crippen molar-refractivity contribution < 1.29 is 8.42 Å². The summed E-state index contributed by atoms with van der Waals surface area (Å²) in [5.41, 5.74) is 1.94. The average molecular weight is 375 g/mol. The van der Waals surface area contributed by atoms with Gasteiger partial charge in [0.1, 0.15) is 5.82 Å². The summed E-state index contributed by atoms with van der Waals surface area (Å²) in [4.78, 5) is 11.2. The van der Waals surface area contributed by atoms with E-state index in [-0.39, 0.29) is 6.04 Å². The molecule has 0 aliphatic carbocycles. The monoisotopic (exact) mass is 375 g/mol. The fourth-order valence-corrected chi connectivity index (χ4v) is 3.96. The number of nitrogens with zero attached hydrogens (tertiary/aromatic N) is 4. The van der Waals surface area contributed by atoms with Crippen molar-refractivity contribution in [1.29, 1.82) is 0 Å². The highest BCUT2D eigenvalue weighted by molar-refractivity contribution is 7.88. The Morgan fingerprint density at radius 2 is 1.81 bits per heavy atom. The van der Waals surface area contributed by atoms with Crippen molar-refractivity contribution in [1.82, 2.24) is 14.3 Å². The summed E-state index contributed by atoms with van der Waals surface area (Å²) in [5.74, 6) is 1.40. The lowest BCUT2D eigenvalue weighted by molar-refractivity contribution is 0.331. The lowest BCUT2D eigenvalue weighted by Gasteiger charge is -2.30. The molecule has 1 fully saturated rings. The number of hydrogen-bond acceptors (Lipinski definition) is 6. The van der Waals surface area contributed by atoms with Crippen molar-refractivity contribution in [3.05, 3.63) is 42.1 Å². The smallest absolute Gasteiger partial charge is 0.225 e. The van der Waals surface area contributed by atoms with Gasteiger partial charge in [0.2, 0.25) is 16.0 Å². The fourth-order valence-electron chi connectivity index (χ4n) is 3.09. The molecule has 1 aliphatic rings. The molecule has 1 aliphatic heterocycles. The fraction of sp³-hybridized carbons (Fsp3) is 0.444. The van der Waals surface area contributed by atoms with Crippen molar-refractivity contribution in [3.63, 3.8) is 0 Å². The van der Waals surface area contributed by atoms with E-state index in [1.807, 2.05) is 55.3 Å². The van der Waals surface area contributed by atoms with Gasteiger partial charge in [0.15, 0.2) is 0 Å². The van der Waals surface area contributed by atoms with Gasteiger partial charge in [-0.2, -0.15) is 4.98 Å². The molecule has 7 nitrogen and oxygen atoms in total. The summed E-state index contributed by atoms with van der Waals surface area (Å²) in [5, 5.41) is 3.37. The van der Waals surface area contributed by atoms with Crippen LogP contribution in [-0.2, 0) is 10.0 Å². The lowest BCUT2D eigenvalue weighted by Crippen LogP contribution is -2.42. The molecular formula is C18H25N5O2S. The number of aromatic nitrogens is 2. The number of aryl methyl sites for hydroxylation is 1. The third kappa shape index (κ3) is 4.50. The zero-order chi connectivity index (χ0) is 18.7. The first kappa shape index (κ1) is 18.6. The van der Waals surface area contributed by atoms with Crippen LogP contribution in [0.15, 0.2) is 36.4 Å². The minimum absolute atomic E-state index is 0.171. The van der Waals surface area contributed by atoms with Gasteiger partial charge in [-0.05, 0) is 31.9 Å². The molecule has 3 rings (SSSR count). The number of nitrogens with one attached hydrogen (secondary N) is 1. The molecule has 0 atom stereocenters. The molecule has 0 saturated carbocycles. The van der Waals surface area contributed by atoms with Crippen molar-refractivity contribution in [3.8, 4) is 0 Å². The van der Waals surface area contributed by atoms with E-state index in [4.69, 9.17) is 0 Å². The SMILES string of the molecule is Cc1cc(N(C)c2ccccc2)nc(NC2CCN(S(C)(=O)=O)CC2)n1. The van der Waals surface area contributed by atoms with Crippen molar-refractivity contribution >= 4 is 27.5 Å². The number of sulfonamides is 1. The molecule has 1 aromatic heterocycles. The van der Waals surface area contributed by atoms with Crippen LogP contribution in [0, 0.1) is 6.92 Å². The molecule has 0 unspecified atom stereocenters. The van der Waals surface area contributed by atoms with Gasteiger partial charge >= 0.3 is 0 Å². The standard InChI is InChI=1S/C18H25N5O2S/c1-14-13-17(22(2)16-7-5-4-6-8-16)21-18(19-14)20-15-9-11-23(12-10-15)26(3,24)25/h4-8,13,15H,9-12H2,1-3H3,(H,19,20,21). The van der Waals surface area contributed by atoms with E-state index < -0.39 is 10.0 Å². The van der Waals surface area contributed by atoms with E-state index >= 15 is 0 Å². The molecular weight excluding hydrogens is 350 g/mol. The van der Waals surface area contributed by atoms with E-state index in [1.165, 1.54) is 10.6 Å². The molecule has 0 radical (unpaired) electrons. The Labute approximate surface area is 155 Å². The first-order valence-electron chi connectivity index (χ1n) is 8.69. The van der Waals surface area contributed by atoms with Crippen LogP contribution >= 0.6 is 0 Å². The predicted octanol–water partition coefficient (Wildman–Crippen LogP) is 2.39. The zero-order valence-corrected chi connectivity index (χ0v) is 16.2. The lowest BCUT2D eigenvalue weighted by atomic mass is 10.1. The van der Waals surface area contributed by atoms with E-state index in [2.05, 4.69) is 15.3 Å². The predicted molar refractivity (Wildman–Crippen MR) is 104 cm³/mol. The van der Waals surface area contributed by atoms with E-state index in [1.54, 1.807) is 0 Å². The first-order chi connectivity index (χ1) is 12.3. The molecule has 0 spiro atoms. The molecule has 1 N–H and O–H groups in total. The Hall–Kier alpha value is -2.19. The van der Waals surface area contributed by atoms with Gasteiger partial charge in [-0.1, -0.05) is 18.2 Å². The van der Waals surface area contributed by atoms with Crippen molar-refractivity contribution in [2.45, 2.75) is 25.8 Å². The van der Waals surface area contributed by atoms with Crippen molar-refractivity contribution in [2.75, 3.05) is 36.6 Å². The second-order valence-electron chi connectivity index (χ2n) is 6.67. The summed E-state index contributed by atoms with van der Waals surface area (Å²) < 4.78 is 24.8. The van der Waals surface area contributed by atoms with E-state index in [9.17, 15) is 8.42 Å². The van der Waals surface area contributed by atoms with Crippen LogP contribution in [0.3, 0.4) is 0 Å². The topological polar surface area (TPSA) is 78.4 Å². The van der Waals surface area contributed by atoms with Crippen LogP contribution in [0.5, 0.6) is 0 Å². The number of anilines is 3. The maximum absolute atomic E-state index is 11.6. The Morgan fingerprint density at radius 1 is 1.15 bits per heavy atom. The van der Waals surface area contributed by atoms with Gasteiger partial charge in [0, 0.05) is 43.6 Å². The largest absolute Gasteiger partial charge is 0.351 e. The normalized spacial score (nSPS) is 16.4. The van der Waals surface area contributed by atoms with Crippen LogP contribution in [0.1, 0.15) is 18.5 Å². The van der Waals surface area contributed by atoms with Crippen molar-refractivity contribution in [2.24, 2.45) is 0 Å². The highest BCUT2D eigenvalue weighted by Gasteiger charge is 2.25. The second kappa shape index (κ2) is 7.59. The maximum atomic E-state index is 11.6.